The van der Waals surface area contributed by atoms with E-state index < -0.39 is 0 Å². The first-order chi connectivity index (χ1) is 13.3. The van der Waals surface area contributed by atoms with Gasteiger partial charge < -0.3 is 14.6 Å². The van der Waals surface area contributed by atoms with Gasteiger partial charge in [-0.1, -0.05) is 11.6 Å². The second-order valence-corrected chi connectivity index (χ2v) is 9.85. The molecule has 1 fully saturated rings. The molecule has 0 amide bonds. The quantitative estimate of drug-likeness (QED) is 0.765. The second kappa shape index (κ2) is 7.44. The lowest BCUT2D eigenvalue weighted by atomic mass is 9.68. The van der Waals surface area contributed by atoms with Crippen molar-refractivity contribution in [3.05, 3.63) is 53.4 Å². The van der Waals surface area contributed by atoms with Crippen LogP contribution >= 0.6 is 22.9 Å². The van der Waals surface area contributed by atoms with E-state index in [9.17, 15) is 9.59 Å². The first kappa shape index (κ1) is 19.9. The predicted octanol–water partition coefficient (Wildman–Crippen LogP) is 2.51. The molecule has 0 aromatic carbocycles. The number of rotatable bonds is 1. The molecule has 0 saturated carbocycles. The minimum Gasteiger partial charge on any atom is -0.381 e. The molecule has 0 radical (unpaired) electrons. The van der Waals surface area contributed by atoms with Crippen LogP contribution in [0.15, 0.2) is 21.9 Å². The van der Waals surface area contributed by atoms with E-state index in [2.05, 4.69) is 18.3 Å². The maximum absolute atomic E-state index is 12.9. The molecule has 2 aliphatic heterocycles. The third kappa shape index (κ3) is 3.38. The van der Waals surface area contributed by atoms with Crippen LogP contribution in [0.5, 0.6) is 0 Å². The summed E-state index contributed by atoms with van der Waals surface area (Å²) < 4.78 is 9.34. The summed E-state index contributed by atoms with van der Waals surface area (Å²) >= 11 is 8.08. The first-order valence-electron chi connectivity index (χ1n) is 9.70. The molecular weight excluding hydrogens is 398 g/mol. The van der Waals surface area contributed by atoms with Crippen molar-refractivity contribution in [1.29, 1.82) is 0 Å². The zero-order valence-corrected chi connectivity index (χ0v) is 18.0. The summed E-state index contributed by atoms with van der Waals surface area (Å²) in [6.07, 6.45) is 5.23. The molecule has 1 spiro atoms. The van der Waals surface area contributed by atoms with Crippen LogP contribution in [0.4, 0.5) is 0 Å². The largest absolute Gasteiger partial charge is 0.381 e. The van der Waals surface area contributed by atoms with Crippen LogP contribution in [0.2, 0.25) is 4.34 Å². The minimum atomic E-state index is -0.306. The molecule has 0 bridgehead atoms. The lowest BCUT2D eigenvalue weighted by Gasteiger charge is -2.45. The maximum Gasteiger partial charge on any atom is 0.330 e. The Bertz CT molecular complexity index is 1010. The Morgan fingerprint density at radius 2 is 2.07 bits per heavy atom. The van der Waals surface area contributed by atoms with Crippen molar-refractivity contribution in [2.75, 3.05) is 13.2 Å². The number of hydrogen-bond donors (Lipinski definition) is 1. The molecule has 3 atom stereocenters. The zero-order valence-electron chi connectivity index (χ0n) is 16.5. The zero-order chi connectivity index (χ0) is 20.1. The molecule has 3 unspecified atom stereocenters. The Labute approximate surface area is 173 Å². The molecule has 0 aliphatic carbocycles. The lowest BCUT2D eigenvalue weighted by molar-refractivity contribution is 0.0882. The monoisotopic (exact) mass is 423 g/mol. The number of hydrogen-bond acceptors (Lipinski definition) is 5. The first-order valence-corrected chi connectivity index (χ1v) is 10.9. The Kier molecular flexibility index (Phi) is 5.29. The third-order valence-electron chi connectivity index (χ3n) is 6.13. The molecular formula is C20H26ClN3O3S. The summed E-state index contributed by atoms with van der Waals surface area (Å²) in [6.45, 7) is 3.59. The lowest BCUT2D eigenvalue weighted by Crippen LogP contribution is -2.50. The number of ether oxygens (including phenoxy) is 1. The van der Waals surface area contributed by atoms with E-state index in [1.165, 1.54) is 26.6 Å². The van der Waals surface area contributed by atoms with E-state index in [-0.39, 0.29) is 28.7 Å². The van der Waals surface area contributed by atoms with Crippen molar-refractivity contribution in [2.45, 2.75) is 50.1 Å². The number of aromatic nitrogens is 2. The number of aryl methyl sites for hydroxylation is 1. The summed E-state index contributed by atoms with van der Waals surface area (Å²) in [7, 11) is 3.23. The van der Waals surface area contributed by atoms with Gasteiger partial charge in [-0.3, -0.25) is 9.36 Å². The van der Waals surface area contributed by atoms with Crippen LogP contribution in [-0.2, 0) is 30.7 Å². The van der Waals surface area contributed by atoms with Gasteiger partial charge in [0.25, 0.3) is 5.56 Å². The van der Waals surface area contributed by atoms with Crippen LogP contribution in [0.3, 0.4) is 0 Å². The minimum absolute atomic E-state index is 0.0807. The molecule has 2 aromatic rings. The molecule has 2 aliphatic rings. The van der Waals surface area contributed by atoms with Gasteiger partial charge in [0.15, 0.2) is 0 Å². The van der Waals surface area contributed by atoms with Crippen molar-refractivity contribution < 1.29 is 4.74 Å². The number of nitrogens with zero attached hydrogens (tertiary/aromatic N) is 2. The average Bonchev–Trinajstić information content (AvgIpc) is 3.02. The number of nitrogens with one attached hydrogen (secondary N) is 1. The Hall–Kier alpha value is -1.41. The van der Waals surface area contributed by atoms with Crippen LogP contribution in [0.25, 0.3) is 0 Å². The average molecular weight is 424 g/mol. The van der Waals surface area contributed by atoms with Gasteiger partial charge in [-0.15, -0.1) is 11.3 Å². The number of piperidine rings is 1. The molecule has 2 aromatic heterocycles. The van der Waals surface area contributed by atoms with Crippen molar-refractivity contribution in [1.82, 2.24) is 14.5 Å². The highest BCUT2D eigenvalue weighted by atomic mass is 35.5. The fraction of sp³-hybridized carbons (Fsp3) is 0.600. The molecule has 1 N–H and O–H groups in total. The van der Waals surface area contributed by atoms with Crippen LogP contribution in [-0.4, -0.2) is 28.4 Å². The summed E-state index contributed by atoms with van der Waals surface area (Å²) in [5.41, 5.74) is 1.30. The molecule has 4 heterocycles. The van der Waals surface area contributed by atoms with Gasteiger partial charge in [-0.25, -0.2) is 4.79 Å². The Balaban J connectivity index is 1.81. The van der Waals surface area contributed by atoms with Crippen molar-refractivity contribution in [3.63, 3.8) is 0 Å². The molecule has 4 rings (SSSR count). The molecule has 6 nitrogen and oxygen atoms in total. The normalized spacial score (nSPS) is 28.0. The van der Waals surface area contributed by atoms with Gasteiger partial charge in [-0.05, 0) is 44.2 Å². The Morgan fingerprint density at radius 3 is 2.86 bits per heavy atom. The topological polar surface area (TPSA) is 65.3 Å². The van der Waals surface area contributed by atoms with E-state index in [4.69, 9.17) is 16.3 Å². The van der Waals surface area contributed by atoms with Gasteiger partial charge in [0.2, 0.25) is 0 Å². The number of halogens is 1. The second-order valence-electron chi connectivity index (χ2n) is 8.17. The highest BCUT2D eigenvalue weighted by Crippen LogP contribution is 2.49. The summed E-state index contributed by atoms with van der Waals surface area (Å²) in [6, 6.07) is 2.18. The van der Waals surface area contributed by atoms with Gasteiger partial charge in [0.1, 0.15) is 0 Å². The van der Waals surface area contributed by atoms with Gasteiger partial charge in [0, 0.05) is 49.3 Å². The summed E-state index contributed by atoms with van der Waals surface area (Å²) in [4.78, 5) is 26.3. The number of fused-ring (bicyclic) bond motifs is 2. The summed E-state index contributed by atoms with van der Waals surface area (Å²) in [5.74, 6) is 0. The van der Waals surface area contributed by atoms with E-state index in [1.807, 2.05) is 0 Å². The van der Waals surface area contributed by atoms with Crippen LogP contribution < -0.4 is 16.6 Å². The molecule has 8 heteroatoms. The predicted molar refractivity (Wildman–Crippen MR) is 112 cm³/mol. The fourth-order valence-electron chi connectivity index (χ4n) is 4.88. The van der Waals surface area contributed by atoms with Gasteiger partial charge in [0.05, 0.1) is 16.5 Å². The molecule has 1 saturated heterocycles. The highest BCUT2D eigenvalue weighted by Gasteiger charge is 2.44. The van der Waals surface area contributed by atoms with E-state index in [0.29, 0.717) is 18.8 Å². The van der Waals surface area contributed by atoms with Crippen molar-refractivity contribution in [2.24, 2.45) is 14.1 Å². The van der Waals surface area contributed by atoms with Crippen molar-refractivity contribution in [3.8, 4) is 0 Å². The van der Waals surface area contributed by atoms with Crippen molar-refractivity contribution >= 4 is 22.9 Å². The fourth-order valence-corrected chi connectivity index (χ4v) is 6.42. The third-order valence-corrected chi connectivity index (χ3v) is 7.68. The van der Waals surface area contributed by atoms with E-state index >= 15 is 0 Å². The number of thiophene rings is 1. The molecule has 28 heavy (non-hydrogen) atoms. The van der Waals surface area contributed by atoms with Gasteiger partial charge >= 0.3 is 5.69 Å². The van der Waals surface area contributed by atoms with Crippen LogP contribution in [0, 0.1) is 0 Å². The van der Waals surface area contributed by atoms with E-state index in [1.54, 1.807) is 24.6 Å². The SMILES string of the molecule is CC1CC2(CCOCCc3cc(Cl)sc32)CC(c2cn(C)c(=O)n(C)c2=O)N1. The standard InChI is InChI=1S/C20H26ClN3O3S/c1-12-9-20(5-7-27-6-4-13-8-16(21)28-17(13)20)10-15(22-12)14-11-23(2)19(26)24(3)18(14)25/h8,11-12,15,22H,4-7,9-10H2,1-3H3. The maximum atomic E-state index is 12.9. The summed E-state index contributed by atoms with van der Waals surface area (Å²) in [5, 5.41) is 3.59. The Morgan fingerprint density at radius 1 is 1.29 bits per heavy atom. The highest BCUT2D eigenvalue weighted by molar-refractivity contribution is 7.16. The van der Waals surface area contributed by atoms with Crippen LogP contribution in [0.1, 0.15) is 48.2 Å². The molecule has 152 valence electrons. The van der Waals surface area contributed by atoms with E-state index in [0.717, 1.165) is 30.0 Å². The van der Waals surface area contributed by atoms with Gasteiger partial charge in [-0.2, -0.15) is 0 Å². The smallest absolute Gasteiger partial charge is 0.330 e.